The first-order valence-electron chi connectivity index (χ1n) is 5.61. The van der Waals surface area contributed by atoms with Crippen molar-refractivity contribution >= 4 is 33.1 Å². The number of rotatable bonds is 3. The highest BCUT2D eigenvalue weighted by molar-refractivity contribution is 9.10. The van der Waals surface area contributed by atoms with Crippen molar-refractivity contribution in [3.63, 3.8) is 0 Å². The van der Waals surface area contributed by atoms with Gasteiger partial charge in [-0.2, -0.15) is 0 Å². The molecule has 0 unspecified atom stereocenters. The van der Waals surface area contributed by atoms with Gasteiger partial charge in [0.25, 0.3) is 0 Å². The van der Waals surface area contributed by atoms with Crippen LogP contribution in [-0.2, 0) is 0 Å². The van der Waals surface area contributed by atoms with Crippen LogP contribution in [0.5, 0.6) is 11.5 Å². The van der Waals surface area contributed by atoms with Gasteiger partial charge in [0.05, 0.1) is 4.47 Å². The van der Waals surface area contributed by atoms with Crippen LogP contribution in [0.15, 0.2) is 34.8 Å². The maximum Gasteiger partial charge on any atom is 0.198 e. The second-order valence-corrected chi connectivity index (χ2v) is 5.46. The SMILES string of the molecule is Cc1ccc(Oc2c(F)cc(C(N)=S)cc2F)c(Br)c1. The van der Waals surface area contributed by atoms with Gasteiger partial charge in [0.15, 0.2) is 17.4 Å². The van der Waals surface area contributed by atoms with Crippen molar-refractivity contribution in [1.29, 1.82) is 0 Å². The average Bonchev–Trinajstić information content (AvgIpc) is 2.35. The molecular weight excluding hydrogens is 348 g/mol. The van der Waals surface area contributed by atoms with Gasteiger partial charge in [0, 0.05) is 5.56 Å². The Morgan fingerprint density at radius 3 is 2.30 bits per heavy atom. The number of aryl methyl sites for hydroxylation is 1. The fourth-order valence-corrected chi connectivity index (χ4v) is 2.29. The predicted octanol–water partition coefficient (Wildman–Crippen LogP) is 4.46. The summed E-state index contributed by atoms with van der Waals surface area (Å²) in [6.07, 6.45) is 0. The van der Waals surface area contributed by atoms with E-state index in [9.17, 15) is 8.78 Å². The maximum absolute atomic E-state index is 13.9. The molecule has 2 aromatic rings. The number of benzene rings is 2. The maximum atomic E-state index is 13.9. The summed E-state index contributed by atoms with van der Waals surface area (Å²) in [7, 11) is 0. The number of ether oxygens (including phenoxy) is 1. The molecule has 2 nitrogen and oxygen atoms in total. The van der Waals surface area contributed by atoms with Crippen molar-refractivity contribution < 1.29 is 13.5 Å². The fourth-order valence-electron chi connectivity index (χ4n) is 1.60. The van der Waals surface area contributed by atoms with Crippen molar-refractivity contribution in [3.05, 3.63) is 57.6 Å². The zero-order valence-corrected chi connectivity index (χ0v) is 12.8. The van der Waals surface area contributed by atoms with Crippen LogP contribution >= 0.6 is 28.1 Å². The minimum atomic E-state index is -0.861. The van der Waals surface area contributed by atoms with Crippen LogP contribution in [-0.4, -0.2) is 4.99 Å². The second kappa shape index (κ2) is 5.85. The van der Waals surface area contributed by atoms with E-state index in [-0.39, 0.29) is 10.6 Å². The zero-order valence-electron chi connectivity index (χ0n) is 10.4. The molecule has 0 spiro atoms. The summed E-state index contributed by atoms with van der Waals surface area (Å²) < 4.78 is 33.6. The van der Waals surface area contributed by atoms with Gasteiger partial charge >= 0.3 is 0 Å². The van der Waals surface area contributed by atoms with Crippen molar-refractivity contribution in [2.75, 3.05) is 0 Å². The smallest absolute Gasteiger partial charge is 0.198 e. The minimum absolute atomic E-state index is 0.0779. The summed E-state index contributed by atoms with van der Waals surface area (Å²) in [5, 5.41) is 0. The Kier molecular flexibility index (Phi) is 4.35. The van der Waals surface area contributed by atoms with E-state index in [1.807, 2.05) is 6.92 Å². The number of hydrogen-bond donors (Lipinski definition) is 1. The topological polar surface area (TPSA) is 35.2 Å². The molecular formula is C14H10BrF2NOS. The predicted molar refractivity (Wildman–Crippen MR) is 81.2 cm³/mol. The molecule has 20 heavy (non-hydrogen) atoms. The Morgan fingerprint density at radius 2 is 1.80 bits per heavy atom. The molecule has 0 bridgehead atoms. The van der Waals surface area contributed by atoms with Crippen LogP contribution in [0.25, 0.3) is 0 Å². The molecule has 0 radical (unpaired) electrons. The van der Waals surface area contributed by atoms with Crippen molar-refractivity contribution in [2.24, 2.45) is 5.73 Å². The third kappa shape index (κ3) is 3.13. The average molecular weight is 358 g/mol. The van der Waals surface area contributed by atoms with Crippen molar-refractivity contribution in [1.82, 2.24) is 0 Å². The third-order valence-electron chi connectivity index (χ3n) is 2.58. The number of halogens is 3. The van der Waals surface area contributed by atoms with Crippen molar-refractivity contribution in [3.8, 4) is 11.5 Å². The number of nitrogens with two attached hydrogens (primary N) is 1. The van der Waals surface area contributed by atoms with Crippen molar-refractivity contribution in [2.45, 2.75) is 6.92 Å². The van der Waals surface area contributed by atoms with Crippen LogP contribution in [0.2, 0.25) is 0 Å². The summed E-state index contributed by atoms with van der Waals surface area (Å²) >= 11 is 7.97. The van der Waals surface area contributed by atoms with E-state index in [4.69, 9.17) is 10.5 Å². The Balaban J connectivity index is 2.41. The van der Waals surface area contributed by atoms with Crippen LogP contribution < -0.4 is 10.5 Å². The van der Waals surface area contributed by atoms with Crippen LogP contribution in [0.1, 0.15) is 11.1 Å². The molecule has 2 rings (SSSR count). The molecule has 2 aromatic carbocycles. The highest BCUT2D eigenvalue weighted by Gasteiger charge is 2.16. The summed E-state index contributed by atoms with van der Waals surface area (Å²) in [5.74, 6) is -1.90. The highest BCUT2D eigenvalue weighted by Crippen LogP contribution is 2.33. The monoisotopic (exact) mass is 357 g/mol. The Morgan fingerprint density at radius 1 is 1.20 bits per heavy atom. The molecule has 0 aliphatic rings. The summed E-state index contributed by atoms with van der Waals surface area (Å²) in [6.45, 7) is 1.90. The van der Waals surface area contributed by atoms with E-state index in [1.165, 1.54) is 0 Å². The molecule has 0 atom stereocenters. The molecule has 0 saturated heterocycles. The Bertz CT molecular complexity index is 668. The van der Waals surface area contributed by atoms with Gasteiger partial charge in [-0.05, 0) is 52.7 Å². The van der Waals surface area contributed by atoms with Crippen LogP contribution in [0.3, 0.4) is 0 Å². The standard InChI is InChI=1S/C14H10BrF2NOS/c1-7-2-3-12(9(15)4-7)19-13-10(16)5-8(14(18)20)6-11(13)17/h2-6H,1H3,(H2,18,20). The molecule has 6 heteroatoms. The van der Waals surface area contributed by atoms with E-state index >= 15 is 0 Å². The lowest BCUT2D eigenvalue weighted by Gasteiger charge is -2.11. The van der Waals surface area contributed by atoms with Gasteiger partial charge in [-0.25, -0.2) is 8.78 Å². The first kappa shape index (κ1) is 14.9. The molecule has 0 fully saturated rings. The van der Waals surface area contributed by atoms with Gasteiger partial charge in [0.2, 0.25) is 0 Å². The lowest BCUT2D eigenvalue weighted by Crippen LogP contribution is -2.10. The third-order valence-corrected chi connectivity index (χ3v) is 3.44. The van der Waals surface area contributed by atoms with Crippen LogP contribution in [0, 0.1) is 18.6 Å². The second-order valence-electron chi connectivity index (χ2n) is 4.17. The van der Waals surface area contributed by atoms with Gasteiger partial charge in [-0.15, -0.1) is 0 Å². The summed E-state index contributed by atoms with van der Waals surface area (Å²) in [6, 6.07) is 7.28. The first-order chi connectivity index (χ1) is 9.38. The number of thiocarbonyl (C=S) groups is 1. The Labute approximate surface area is 128 Å². The van der Waals surface area contributed by atoms with E-state index in [2.05, 4.69) is 28.1 Å². The van der Waals surface area contributed by atoms with Gasteiger partial charge < -0.3 is 10.5 Å². The lowest BCUT2D eigenvalue weighted by molar-refractivity contribution is 0.405. The summed E-state index contributed by atoms with van der Waals surface area (Å²) in [5.41, 5.74) is 6.46. The molecule has 0 heterocycles. The van der Waals surface area contributed by atoms with E-state index in [1.54, 1.807) is 18.2 Å². The van der Waals surface area contributed by atoms with E-state index in [0.29, 0.717) is 10.2 Å². The van der Waals surface area contributed by atoms with Crippen LogP contribution in [0.4, 0.5) is 8.78 Å². The lowest BCUT2D eigenvalue weighted by atomic mass is 10.2. The highest BCUT2D eigenvalue weighted by atomic mass is 79.9. The molecule has 0 amide bonds. The normalized spacial score (nSPS) is 10.4. The van der Waals surface area contributed by atoms with Gasteiger partial charge in [-0.3, -0.25) is 0 Å². The molecule has 0 aliphatic carbocycles. The molecule has 104 valence electrons. The summed E-state index contributed by atoms with van der Waals surface area (Å²) in [4.78, 5) is -0.0779. The van der Waals surface area contributed by atoms with E-state index in [0.717, 1.165) is 17.7 Å². The minimum Gasteiger partial charge on any atom is -0.450 e. The quantitative estimate of drug-likeness (QED) is 0.823. The van der Waals surface area contributed by atoms with Gasteiger partial charge in [-0.1, -0.05) is 18.3 Å². The Hall–Kier alpha value is -1.53. The van der Waals surface area contributed by atoms with Gasteiger partial charge in [0.1, 0.15) is 10.7 Å². The molecule has 0 aliphatic heterocycles. The largest absolute Gasteiger partial charge is 0.450 e. The number of hydrogen-bond acceptors (Lipinski definition) is 2. The van der Waals surface area contributed by atoms with E-state index < -0.39 is 17.4 Å². The molecule has 0 aromatic heterocycles. The fraction of sp³-hybridized carbons (Fsp3) is 0.0714. The molecule has 0 saturated carbocycles. The zero-order chi connectivity index (χ0) is 14.9. The molecule has 2 N–H and O–H groups in total. The first-order valence-corrected chi connectivity index (χ1v) is 6.81.